The fraction of sp³-hybridized carbons (Fsp3) is 0.727. The molecule has 3 heterocycles. The van der Waals surface area contributed by atoms with E-state index in [0.29, 0.717) is 60.5 Å². The molecule has 3 saturated carbocycles. The molecule has 60 heavy (non-hydrogen) atoms. The molecule has 4 amide bonds. The largest absolute Gasteiger partial charge is 0.497 e. The van der Waals surface area contributed by atoms with Gasteiger partial charge in [0, 0.05) is 12.0 Å². The monoisotopic (exact) mass is 852 g/mol. The van der Waals surface area contributed by atoms with E-state index >= 15 is 4.79 Å². The minimum Gasteiger partial charge on any atom is -0.497 e. The van der Waals surface area contributed by atoms with Gasteiger partial charge in [-0.1, -0.05) is 53.9 Å². The first kappa shape index (κ1) is 43.9. The highest BCUT2D eigenvalue weighted by Gasteiger charge is 2.64. The molecular formula is C44H64N6O9S. The van der Waals surface area contributed by atoms with Crippen LogP contribution in [-0.4, -0.2) is 94.8 Å². The summed E-state index contributed by atoms with van der Waals surface area (Å²) in [7, 11) is -2.41. The number of aromatic nitrogens is 2. The summed E-state index contributed by atoms with van der Waals surface area (Å²) in [5, 5.41) is 5.90. The zero-order valence-electron chi connectivity index (χ0n) is 36.5. The van der Waals surface area contributed by atoms with Crippen molar-refractivity contribution >= 4 is 44.9 Å². The van der Waals surface area contributed by atoms with E-state index in [4.69, 9.17) is 24.2 Å². The average Bonchev–Trinajstić information content (AvgIpc) is 4.04. The molecule has 16 heteroatoms. The van der Waals surface area contributed by atoms with Gasteiger partial charge in [0.05, 0.1) is 29.4 Å². The van der Waals surface area contributed by atoms with E-state index < -0.39 is 79.2 Å². The van der Waals surface area contributed by atoms with Crippen LogP contribution in [0.4, 0.5) is 4.79 Å². The molecule has 3 N–H and O–H groups in total. The number of fused-ring (bicyclic) bond motifs is 5. The molecule has 330 valence electrons. The average molecular weight is 853 g/mol. The molecule has 4 fully saturated rings. The molecule has 15 nitrogen and oxygen atoms in total. The van der Waals surface area contributed by atoms with E-state index in [1.807, 2.05) is 53.7 Å². The number of carbonyl (C=O) groups is 4. The number of nitrogens with one attached hydrogen (secondary N) is 3. The van der Waals surface area contributed by atoms with Gasteiger partial charge in [0.1, 0.15) is 40.8 Å². The van der Waals surface area contributed by atoms with Crippen LogP contribution in [0, 0.1) is 23.2 Å². The first-order chi connectivity index (χ1) is 28.3. The van der Waals surface area contributed by atoms with Crippen LogP contribution in [0.25, 0.3) is 11.0 Å². The standard InChI is InChI=1S/C44H64N6O9S/c1-9-26-24-44(26,39(53)49-60(55,56)42(6)21-22-42)48-36(51)34-29(10-2)33-25-50(34)38(52)35(41(3,4)5)47-40(54)59-43(7)20-14-16-27(43)15-12-11-13-17-31-37(58-33)46-32-23-28(57-8)18-19-30(32)45-31/h18-19,23,26-27,29,33-35H,9-17,20-22,24-25H2,1-8H3,(H,47,54)(H,48,51)(H,49,53). The Morgan fingerprint density at radius 3 is 2.38 bits per heavy atom. The van der Waals surface area contributed by atoms with E-state index in [-0.39, 0.29) is 24.8 Å². The molecule has 2 aliphatic heterocycles. The van der Waals surface area contributed by atoms with Crippen molar-refractivity contribution < 1.29 is 41.8 Å². The van der Waals surface area contributed by atoms with Crippen LogP contribution in [0.15, 0.2) is 18.2 Å². The summed E-state index contributed by atoms with van der Waals surface area (Å²) in [6, 6.07) is 3.25. The van der Waals surface area contributed by atoms with Crippen molar-refractivity contribution in [1.29, 1.82) is 0 Å². The van der Waals surface area contributed by atoms with Crippen LogP contribution >= 0.6 is 0 Å². The predicted molar refractivity (Wildman–Crippen MR) is 225 cm³/mol. The summed E-state index contributed by atoms with van der Waals surface area (Å²) < 4.78 is 46.3. The molecule has 5 aliphatic rings. The lowest BCUT2D eigenvalue weighted by Gasteiger charge is -2.37. The number of rotatable bonds is 8. The summed E-state index contributed by atoms with van der Waals surface area (Å²) in [6.07, 6.45) is 7.40. The van der Waals surface area contributed by atoms with Crippen LogP contribution in [0.3, 0.4) is 0 Å². The molecule has 1 saturated heterocycles. The van der Waals surface area contributed by atoms with Crippen LogP contribution in [-0.2, 0) is 35.6 Å². The van der Waals surface area contributed by atoms with Crippen LogP contribution in [0.2, 0.25) is 0 Å². The van der Waals surface area contributed by atoms with Gasteiger partial charge in [0.15, 0.2) is 0 Å². The molecule has 1 aromatic carbocycles. The summed E-state index contributed by atoms with van der Waals surface area (Å²) in [5.41, 5.74) is -1.05. The Hall–Kier alpha value is -4.21. The maximum absolute atomic E-state index is 15.1. The Bertz CT molecular complexity index is 2120. The number of ether oxygens (including phenoxy) is 3. The van der Waals surface area contributed by atoms with Gasteiger partial charge in [-0.15, -0.1) is 0 Å². The molecule has 2 aromatic rings. The Morgan fingerprint density at radius 2 is 1.73 bits per heavy atom. The van der Waals surface area contributed by atoms with E-state index in [2.05, 4.69) is 15.4 Å². The summed E-state index contributed by atoms with van der Waals surface area (Å²) >= 11 is 0. The fourth-order valence-corrected chi connectivity index (χ4v) is 11.2. The number of carbonyl (C=O) groups excluding carboxylic acids is 4. The smallest absolute Gasteiger partial charge is 0.408 e. The Morgan fingerprint density at radius 1 is 1.00 bits per heavy atom. The highest BCUT2D eigenvalue weighted by molar-refractivity contribution is 7.91. The van der Waals surface area contributed by atoms with Gasteiger partial charge in [0.25, 0.3) is 5.91 Å². The van der Waals surface area contributed by atoms with Gasteiger partial charge in [-0.05, 0) is 107 Å². The van der Waals surface area contributed by atoms with Crippen molar-refractivity contribution in [1.82, 2.24) is 30.2 Å². The predicted octanol–water partition coefficient (Wildman–Crippen LogP) is 5.72. The van der Waals surface area contributed by atoms with Crippen molar-refractivity contribution in [2.45, 2.75) is 166 Å². The van der Waals surface area contributed by atoms with Crippen molar-refractivity contribution in [2.75, 3.05) is 13.7 Å². The van der Waals surface area contributed by atoms with E-state index in [9.17, 15) is 22.8 Å². The topological polar surface area (TPSA) is 195 Å². The highest BCUT2D eigenvalue weighted by Crippen LogP contribution is 2.49. The lowest BCUT2D eigenvalue weighted by atomic mass is 9.85. The Kier molecular flexibility index (Phi) is 11.9. The fourth-order valence-electron chi connectivity index (χ4n) is 9.84. The first-order valence-corrected chi connectivity index (χ1v) is 23.5. The molecule has 0 radical (unpaired) electrons. The Balaban J connectivity index is 1.28. The molecule has 8 atom stereocenters. The lowest BCUT2D eigenvalue weighted by Crippen LogP contribution is -2.61. The van der Waals surface area contributed by atoms with Gasteiger partial charge in [-0.2, -0.15) is 0 Å². The summed E-state index contributed by atoms with van der Waals surface area (Å²) in [4.78, 5) is 69.3. The zero-order chi connectivity index (χ0) is 43.4. The maximum Gasteiger partial charge on any atom is 0.408 e. The number of aryl methyl sites for hydroxylation is 1. The van der Waals surface area contributed by atoms with E-state index in [1.165, 1.54) is 4.90 Å². The maximum atomic E-state index is 15.1. The number of hydrogen-bond acceptors (Lipinski definition) is 11. The van der Waals surface area contributed by atoms with Crippen LogP contribution < -0.4 is 24.8 Å². The van der Waals surface area contributed by atoms with Crippen molar-refractivity contribution in [3.63, 3.8) is 0 Å². The Labute approximate surface area is 354 Å². The number of sulfonamides is 1. The second kappa shape index (κ2) is 16.2. The third kappa shape index (κ3) is 8.37. The molecule has 1 aromatic heterocycles. The second-order valence-electron chi connectivity index (χ2n) is 19.5. The minimum atomic E-state index is -3.99. The highest BCUT2D eigenvalue weighted by atomic mass is 32.2. The number of alkyl carbamates (subject to hydrolysis) is 1. The number of methoxy groups -OCH3 is 1. The minimum absolute atomic E-state index is 0.0288. The summed E-state index contributed by atoms with van der Waals surface area (Å²) in [5.74, 6) is -1.68. The molecule has 0 spiro atoms. The number of amides is 4. The van der Waals surface area contributed by atoms with Gasteiger partial charge in [-0.25, -0.2) is 23.2 Å². The van der Waals surface area contributed by atoms with Crippen molar-refractivity contribution in [3.8, 4) is 11.6 Å². The zero-order valence-corrected chi connectivity index (χ0v) is 37.3. The summed E-state index contributed by atoms with van der Waals surface area (Å²) in [6.45, 7) is 12.9. The first-order valence-electron chi connectivity index (χ1n) is 22.0. The third-order valence-corrected chi connectivity index (χ3v) is 16.4. The lowest BCUT2D eigenvalue weighted by molar-refractivity contribution is -0.144. The van der Waals surface area contributed by atoms with E-state index in [0.717, 1.165) is 44.9 Å². The van der Waals surface area contributed by atoms with Gasteiger partial charge < -0.3 is 29.7 Å². The molecular weight excluding hydrogens is 789 g/mol. The van der Waals surface area contributed by atoms with E-state index in [1.54, 1.807) is 20.1 Å². The second-order valence-corrected chi connectivity index (χ2v) is 21.7. The number of benzene rings is 1. The van der Waals surface area contributed by atoms with Crippen molar-refractivity contribution in [3.05, 3.63) is 23.9 Å². The van der Waals surface area contributed by atoms with Gasteiger partial charge in [-0.3, -0.25) is 19.1 Å². The van der Waals surface area contributed by atoms with Crippen LogP contribution in [0.1, 0.15) is 131 Å². The normalized spacial score (nSPS) is 32.0. The van der Waals surface area contributed by atoms with Gasteiger partial charge >= 0.3 is 6.09 Å². The van der Waals surface area contributed by atoms with Gasteiger partial charge in [0.2, 0.25) is 27.7 Å². The van der Waals surface area contributed by atoms with Crippen molar-refractivity contribution in [2.24, 2.45) is 23.2 Å². The molecule has 8 unspecified atom stereocenters. The quantitative estimate of drug-likeness (QED) is 0.294. The third-order valence-electron chi connectivity index (χ3n) is 14.2. The number of nitrogens with zero attached hydrogens (tertiary/aromatic N) is 3. The molecule has 7 rings (SSSR count). The molecule has 2 bridgehead atoms. The molecule has 3 aliphatic carbocycles. The van der Waals surface area contributed by atoms with Crippen LogP contribution in [0.5, 0.6) is 11.6 Å². The SMILES string of the molecule is CCC1C2CN(C(=O)C(C(C)(C)C)NC(=O)OC3(C)CCCC3CCCCCc3nc4ccc(OC)cc4nc3O2)C1C(=O)NC1(C(=O)NS(=O)(=O)C2(C)CC2)CC1CC. The number of hydrogen-bond donors (Lipinski definition) is 3.